The van der Waals surface area contributed by atoms with E-state index in [2.05, 4.69) is 58.2 Å². The number of hydrogen-bond acceptors (Lipinski definition) is 12. The monoisotopic (exact) mass is 893 g/mol. The molecule has 3 heterocycles. The molecule has 7 atom stereocenters. The van der Waals surface area contributed by atoms with Crippen LogP contribution in [0, 0.1) is 17.8 Å². The number of carboxylic acids is 1. The van der Waals surface area contributed by atoms with Crippen LogP contribution in [0.1, 0.15) is 86.1 Å². The molecule has 0 fully saturated rings. The van der Waals surface area contributed by atoms with E-state index in [1.165, 1.54) is 6.92 Å². The molecule has 20 heteroatoms. The van der Waals surface area contributed by atoms with Crippen molar-refractivity contribution in [3.8, 4) is 0 Å². The van der Waals surface area contributed by atoms with Crippen molar-refractivity contribution in [2.24, 2.45) is 23.5 Å². The average molecular weight is 893 g/mol. The molecule has 0 radical (unpaired) electrons. The summed E-state index contributed by atoms with van der Waals surface area (Å²) in [7, 11) is 0. The SMILES string of the molecule is CC(C)CC(NC(=O)[C@H](CC(C)C)NC(=O)[C@H](CC1=CNCN1)NC(=O)[C@@H](N)Cc1c[nH]c2ccccc12)C(=O)N[C@@H](CC(C)C)C(=O)N[C@@H](CC1=CNCN1)C(=O)N[C@@H](C)C(=O)O. The quantitative estimate of drug-likeness (QED) is 0.0624. The molecule has 0 aliphatic carbocycles. The molecule has 0 spiro atoms. The van der Waals surface area contributed by atoms with Gasteiger partial charge in [0.25, 0.3) is 0 Å². The molecule has 1 unspecified atom stereocenters. The fraction of sp³-hybridized carbons (Fsp3) is 0.568. The highest BCUT2D eigenvalue weighted by Gasteiger charge is 2.35. The lowest BCUT2D eigenvalue weighted by atomic mass is 9.98. The summed E-state index contributed by atoms with van der Waals surface area (Å²) in [4.78, 5) is 97.8. The van der Waals surface area contributed by atoms with Crippen molar-refractivity contribution < 1.29 is 38.7 Å². The summed E-state index contributed by atoms with van der Waals surface area (Å²) in [5.74, 6) is -5.38. The van der Waals surface area contributed by atoms with Crippen molar-refractivity contribution in [1.82, 2.24) is 58.2 Å². The molecule has 2 aliphatic heterocycles. The summed E-state index contributed by atoms with van der Waals surface area (Å²) >= 11 is 0. The van der Waals surface area contributed by atoms with E-state index >= 15 is 0 Å². The molecule has 4 rings (SSSR count). The Kier molecular flexibility index (Phi) is 18.8. The van der Waals surface area contributed by atoms with Gasteiger partial charge in [0.15, 0.2) is 0 Å². The molecule has 6 amide bonds. The maximum atomic E-state index is 14.2. The third-order valence-corrected chi connectivity index (χ3v) is 10.7. The molecular weight excluding hydrogens is 825 g/mol. The summed E-state index contributed by atoms with van der Waals surface area (Å²) in [6.07, 6.45) is 6.00. The number of carboxylic acid groups (broad SMARTS) is 1. The first-order chi connectivity index (χ1) is 30.3. The number of aliphatic carboxylic acids is 1. The molecule has 14 N–H and O–H groups in total. The van der Waals surface area contributed by atoms with Crippen LogP contribution in [-0.2, 0) is 40.0 Å². The maximum Gasteiger partial charge on any atom is 0.325 e. The molecule has 1 aromatic heterocycles. The summed E-state index contributed by atoms with van der Waals surface area (Å²) in [6.45, 7) is 13.4. The molecule has 0 saturated heterocycles. The Bertz CT molecular complexity index is 2030. The molecule has 0 bridgehead atoms. The van der Waals surface area contributed by atoms with Gasteiger partial charge in [-0.25, -0.2) is 0 Å². The normalized spacial score (nSPS) is 16.6. The number of fused-ring (bicyclic) bond motifs is 1. The van der Waals surface area contributed by atoms with Gasteiger partial charge in [-0.1, -0.05) is 59.7 Å². The van der Waals surface area contributed by atoms with Gasteiger partial charge in [-0.2, -0.15) is 0 Å². The van der Waals surface area contributed by atoms with Crippen molar-refractivity contribution in [3.05, 3.63) is 59.8 Å². The van der Waals surface area contributed by atoms with Gasteiger partial charge >= 0.3 is 5.97 Å². The zero-order valence-electron chi connectivity index (χ0n) is 37.9. The van der Waals surface area contributed by atoms with Gasteiger partial charge in [0, 0.05) is 53.7 Å². The van der Waals surface area contributed by atoms with Crippen LogP contribution in [0.3, 0.4) is 0 Å². The zero-order chi connectivity index (χ0) is 47.1. The highest BCUT2D eigenvalue weighted by molar-refractivity contribution is 5.97. The Balaban J connectivity index is 1.50. The number of aromatic nitrogens is 1. The van der Waals surface area contributed by atoms with Crippen molar-refractivity contribution in [3.63, 3.8) is 0 Å². The zero-order valence-corrected chi connectivity index (χ0v) is 37.9. The molecule has 20 nitrogen and oxygen atoms in total. The van der Waals surface area contributed by atoms with Crippen LogP contribution in [0.2, 0.25) is 0 Å². The highest BCUT2D eigenvalue weighted by Crippen LogP contribution is 2.19. The van der Waals surface area contributed by atoms with Gasteiger partial charge < -0.3 is 69.0 Å². The van der Waals surface area contributed by atoms with Crippen LogP contribution in [0.4, 0.5) is 0 Å². The lowest BCUT2D eigenvalue weighted by Crippen LogP contribution is -2.60. The molecule has 2 aliphatic rings. The summed E-state index contributed by atoms with van der Waals surface area (Å²) < 4.78 is 0. The van der Waals surface area contributed by atoms with Crippen molar-refractivity contribution in [2.45, 2.75) is 129 Å². The second-order valence-corrected chi connectivity index (χ2v) is 17.8. The summed E-state index contributed by atoms with van der Waals surface area (Å²) in [6, 6.07) is -0.267. The second kappa shape index (κ2) is 23.9. The standard InChI is InChI=1S/C44H68N12O8/c1-23(2)12-33(40(59)54-35(14-25(5)6)42(61)56-36(16-28-19-46-21-49-28)39(58)51-26(7)44(63)64)53-41(60)34(13-24(3)4)55-43(62)37(17-29-20-47-22-50-29)52-38(57)31(45)15-27-18-48-32-11-9-8-10-30(27)32/h8-11,18-20,23-26,31,33-37,46-50H,12-17,21-22,45H2,1-7H3,(H,51,58)(H,52,57)(H,53,60)(H,54,59)(H,55,62)(H,56,61)(H,63,64)/t26-,31-,33?,34-,35-,36-,37-/m0/s1. The Hall–Kier alpha value is -6.31. The van der Waals surface area contributed by atoms with E-state index in [1.807, 2.05) is 65.8 Å². The number of para-hydroxylation sites is 1. The van der Waals surface area contributed by atoms with Gasteiger partial charge in [-0.05, 0) is 62.0 Å². The topological polar surface area (TPSA) is 302 Å². The number of nitrogens with one attached hydrogen (secondary N) is 11. The van der Waals surface area contributed by atoms with E-state index in [4.69, 9.17) is 5.73 Å². The highest BCUT2D eigenvalue weighted by atomic mass is 16.4. The molecular formula is C44H68N12O8. The molecule has 2 aromatic rings. The number of carbonyl (C=O) groups excluding carboxylic acids is 6. The number of aromatic amines is 1. The molecule has 64 heavy (non-hydrogen) atoms. The number of rotatable bonds is 25. The third kappa shape index (κ3) is 15.5. The van der Waals surface area contributed by atoms with Gasteiger partial charge in [0.05, 0.1) is 19.4 Å². The van der Waals surface area contributed by atoms with E-state index in [1.54, 1.807) is 18.6 Å². The van der Waals surface area contributed by atoms with Crippen molar-refractivity contribution in [1.29, 1.82) is 0 Å². The van der Waals surface area contributed by atoms with E-state index in [9.17, 15) is 38.7 Å². The number of carbonyl (C=O) groups is 7. The average Bonchev–Trinajstić information content (AvgIpc) is 4.03. The first kappa shape index (κ1) is 50.3. The maximum absolute atomic E-state index is 14.2. The number of amides is 6. The fourth-order valence-corrected chi connectivity index (χ4v) is 7.38. The van der Waals surface area contributed by atoms with E-state index in [0.29, 0.717) is 24.7 Å². The fourth-order valence-electron chi connectivity index (χ4n) is 7.38. The minimum Gasteiger partial charge on any atom is -0.480 e. The first-order valence-electron chi connectivity index (χ1n) is 22.0. The lowest BCUT2D eigenvalue weighted by Gasteiger charge is -2.29. The second-order valence-electron chi connectivity index (χ2n) is 17.8. The number of benzene rings is 1. The van der Waals surface area contributed by atoms with Gasteiger partial charge in [0.1, 0.15) is 36.3 Å². The minimum atomic E-state index is -1.25. The smallest absolute Gasteiger partial charge is 0.325 e. The molecule has 0 saturated carbocycles. The van der Waals surface area contributed by atoms with Crippen molar-refractivity contribution >= 4 is 52.3 Å². The minimum absolute atomic E-state index is 0.0155. The van der Waals surface area contributed by atoms with E-state index in [0.717, 1.165) is 16.5 Å². The first-order valence-corrected chi connectivity index (χ1v) is 22.0. The number of nitrogens with two attached hydrogens (primary N) is 1. The van der Waals surface area contributed by atoms with Crippen LogP contribution >= 0.6 is 0 Å². The van der Waals surface area contributed by atoms with Crippen LogP contribution < -0.4 is 58.9 Å². The third-order valence-electron chi connectivity index (χ3n) is 10.7. The summed E-state index contributed by atoms with van der Waals surface area (Å²) in [5.41, 5.74) is 9.42. The van der Waals surface area contributed by atoms with Gasteiger partial charge in [-0.3, -0.25) is 33.6 Å². The number of H-pyrrole nitrogens is 1. The molecule has 352 valence electrons. The lowest BCUT2D eigenvalue weighted by molar-refractivity contribution is -0.141. The van der Waals surface area contributed by atoms with E-state index < -0.39 is 83.7 Å². The van der Waals surface area contributed by atoms with Crippen LogP contribution in [0.5, 0.6) is 0 Å². The molecule has 1 aromatic carbocycles. The van der Waals surface area contributed by atoms with Crippen LogP contribution in [0.15, 0.2) is 54.3 Å². The number of hydrogen-bond donors (Lipinski definition) is 13. The van der Waals surface area contributed by atoms with E-state index in [-0.39, 0.29) is 56.3 Å². The van der Waals surface area contributed by atoms with Gasteiger partial charge in [-0.15, -0.1) is 0 Å². The largest absolute Gasteiger partial charge is 0.480 e. The summed E-state index contributed by atoms with van der Waals surface area (Å²) in [5, 5.41) is 38.8. The Morgan fingerprint density at radius 3 is 1.41 bits per heavy atom. The Morgan fingerprint density at radius 1 is 0.578 bits per heavy atom. The van der Waals surface area contributed by atoms with Crippen LogP contribution in [-0.4, -0.2) is 107 Å². The van der Waals surface area contributed by atoms with Crippen molar-refractivity contribution in [2.75, 3.05) is 13.3 Å². The Morgan fingerprint density at radius 2 is 0.984 bits per heavy atom. The van der Waals surface area contributed by atoms with Crippen LogP contribution in [0.25, 0.3) is 10.9 Å². The Labute approximate surface area is 374 Å². The predicted molar refractivity (Wildman–Crippen MR) is 241 cm³/mol. The predicted octanol–water partition coefficient (Wildman–Crippen LogP) is -0.0471. The van der Waals surface area contributed by atoms with Gasteiger partial charge in [0.2, 0.25) is 35.4 Å².